The maximum absolute atomic E-state index is 13.1. The van der Waals surface area contributed by atoms with Crippen molar-refractivity contribution < 1.29 is 28.7 Å². The van der Waals surface area contributed by atoms with Crippen molar-refractivity contribution >= 4 is 24.3 Å². The van der Waals surface area contributed by atoms with Crippen LogP contribution < -0.4 is 5.32 Å². The molecule has 0 aromatic carbocycles. The van der Waals surface area contributed by atoms with Crippen LogP contribution in [0.4, 0.5) is 4.79 Å². The molecule has 1 aliphatic rings. The van der Waals surface area contributed by atoms with Crippen molar-refractivity contribution in [1.82, 2.24) is 10.2 Å². The first-order chi connectivity index (χ1) is 13.7. The molecule has 8 heteroatoms. The molecule has 172 valence electrons. The van der Waals surface area contributed by atoms with Gasteiger partial charge in [0.05, 0.1) is 0 Å². The maximum Gasteiger partial charge on any atom is 0.411 e. The molecule has 1 heterocycles. The number of hydrogen-bond acceptors (Lipinski definition) is 6. The Hall–Kier alpha value is -2.12. The van der Waals surface area contributed by atoms with Gasteiger partial charge >= 0.3 is 12.1 Å². The van der Waals surface area contributed by atoms with E-state index in [1.807, 2.05) is 6.92 Å². The predicted molar refractivity (Wildman–Crippen MR) is 113 cm³/mol. The van der Waals surface area contributed by atoms with E-state index in [-0.39, 0.29) is 18.2 Å². The average molecular weight is 427 g/mol. The minimum Gasteiger partial charge on any atom is -0.458 e. The number of carbonyl (C=O) groups excluding carboxylic acids is 4. The zero-order chi connectivity index (χ0) is 23.3. The second-order valence-corrected chi connectivity index (χ2v) is 9.99. The number of ether oxygens (including phenoxy) is 2. The number of nitrogens with zero attached hydrogens (tertiary/aromatic N) is 1. The normalized spacial score (nSPS) is 22.9. The van der Waals surface area contributed by atoms with Crippen LogP contribution in [-0.2, 0) is 23.9 Å². The average Bonchev–Trinajstić information content (AvgIpc) is 2.93. The first kappa shape index (κ1) is 25.9. The maximum atomic E-state index is 13.1. The molecular formula is C22H38N2O6. The van der Waals surface area contributed by atoms with Crippen molar-refractivity contribution in [3.05, 3.63) is 0 Å². The standard InChI is InChI=1S/C22H38N2O6/c1-9-15(12-23-14(2)26)10-17-16(13-25)11-18(19(27)29-21(3,4)5)24(17)20(28)30-22(6,7)8/h13,15-18H,9-12H2,1-8H3,(H,23,26)/t15?,16-,17-,18-/m1/s1. The molecule has 8 nitrogen and oxygen atoms in total. The van der Waals surface area contributed by atoms with Crippen LogP contribution in [-0.4, -0.2) is 59.0 Å². The fourth-order valence-electron chi connectivity index (χ4n) is 3.58. The minimum atomic E-state index is -0.891. The van der Waals surface area contributed by atoms with Crippen molar-refractivity contribution in [1.29, 1.82) is 0 Å². The third-order valence-corrected chi connectivity index (χ3v) is 4.93. The third-order valence-electron chi connectivity index (χ3n) is 4.93. The van der Waals surface area contributed by atoms with Gasteiger partial charge in [0.1, 0.15) is 23.5 Å². The summed E-state index contributed by atoms with van der Waals surface area (Å²) in [5.41, 5.74) is -1.47. The largest absolute Gasteiger partial charge is 0.458 e. The van der Waals surface area contributed by atoms with E-state index in [1.54, 1.807) is 41.5 Å². The molecule has 1 unspecified atom stereocenters. The number of likely N-dealkylation sites (tertiary alicyclic amines) is 1. The number of nitrogens with one attached hydrogen (secondary N) is 1. The zero-order valence-electron chi connectivity index (χ0n) is 19.6. The molecule has 1 rings (SSSR count). The van der Waals surface area contributed by atoms with Gasteiger partial charge < -0.3 is 19.6 Å². The van der Waals surface area contributed by atoms with Crippen LogP contribution in [0.3, 0.4) is 0 Å². The van der Waals surface area contributed by atoms with Gasteiger partial charge in [-0.2, -0.15) is 0 Å². The summed E-state index contributed by atoms with van der Waals surface area (Å²) < 4.78 is 11.1. The van der Waals surface area contributed by atoms with Gasteiger partial charge in [-0.05, 0) is 60.3 Å². The quantitative estimate of drug-likeness (QED) is 0.496. The van der Waals surface area contributed by atoms with Gasteiger partial charge in [0.25, 0.3) is 0 Å². The number of esters is 1. The molecule has 0 saturated carbocycles. The van der Waals surface area contributed by atoms with Crippen LogP contribution in [0.5, 0.6) is 0 Å². The van der Waals surface area contributed by atoms with Crippen LogP contribution in [0.1, 0.15) is 74.7 Å². The smallest absolute Gasteiger partial charge is 0.411 e. The SMILES string of the molecule is CCC(CNC(C)=O)C[C@@H]1[C@@H](C=O)C[C@H](C(=O)OC(C)(C)C)N1C(=O)OC(C)(C)C. The lowest BCUT2D eigenvalue weighted by Crippen LogP contribution is -2.50. The van der Waals surface area contributed by atoms with E-state index in [9.17, 15) is 19.2 Å². The second kappa shape index (κ2) is 10.3. The topological polar surface area (TPSA) is 102 Å². The molecule has 0 aliphatic carbocycles. The summed E-state index contributed by atoms with van der Waals surface area (Å²) in [6, 6.07) is -1.40. The molecule has 0 aromatic heterocycles. The molecule has 0 bridgehead atoms. The van der Waals surface area contributed by atoms with Crippen molar-refractivity contribution in [2.24, 2.45) is 11.8 Å². The molecule has 0 spiro atoms. The molecule has 0 aromatic rings. The molecule has 4 atom stereocenters. The highest BCUT2D eigenvalue weighted by atomic mass is 16.6. The van der Waals surface area contributed by atoms with Gasteiger partial charge in [-0.15, -0.1) is 0 Å². The predicted octanol–water partition coefficient (Wildman–Crippen LogP) is 3.07. The highest BCUT2D eigenvalue weighted by Gasteiger charge is 2.50. The Labute approximate surface area is 180 Å². The Morgan fingerprint density at radius 1 is 1.10 bits per heavy atom. The van der Waals surface area contributed by atoms with Crippen molar-refractivity contribution in [2.75, 3.05) is 6.54 Å². The summed E-state index contributed by atoms with van der Waals surface area (Å²) in [7, 11) is 0. The van der Waals surface area contributed by atoms with Crippen LogP contribution in [0.25, 0.3) is 0 Å². The highest BCUT2D eigenvalue weighted by molar-refractivity contribution is 5.84. The summed E-state index contributed by atoms with van der Waals surface area (Å²) in [6.45, 7) is 14.4. The van der Waals surface area contributed by atoms with Crippen LogP contribution in [0.2, 0.25) is 0 Å². The molecule has 30 heavy (non-hydrogen) atoms. The number of carbonyl (C=O) groups is 4. The van der Waals surface area contributed by atoms with E-state index in [2.05, 4.69) is 5.32 Å². The summed E-state index contributed by atoms with van der Waals surface area (Å²) in [5, 5.41) is 2.80. The Bertz CT molecular complexity index is 635. The lowest BCUT2D eigenvalue weighted by molar-refractivity contribution is -0.160. The number of hydrogen-bond donors (Lipinski definition) is 1. The van der Waals surface area contributed by atoms with E-state index < -0.39 is 41.3 Å². The second-order valence-electron chi connectivity index (χ2n) is 9.99. The molecule has 2 amide bonds. The van der Waals surface area contributed by atoms with Crippen LogP contribution >= 0.6 is 0 Å². The van der Waals surface area contributed by atoms with Gasteiger partial charge in [-0.1, -0.05) is 13.3 Å². The van der Waals surface area contributed by atoms with E-state index in [0.717, 1.165) is 12.7 Å². The van der Waals surface area contributed by atoms with E-state index >= 15 is 0 Å². The van der Waals surface area contributed by atoms with Gasteiger partial charge in [-0.25, -0.2) is 9.59 Å². The fraction of sp³-hybridized carbons (Fsp3) is 0.818. The highest BCUT2D eigenvalue weighted by Crippen LogP contribution is 2.36. The van der Waals surface area contributed by atoms with Gasteiger partial charge in [0.15, 0.2) is 0 Å². The Morgan fingerprint density at radius 3 is 2.10 bits per heavy atom. The Balaban J connectivity index is 3.21. The summed E-state index contributed by atoms with van der Waals surface area (Å²) in [5.74, 6) is -1.15. The van der Waals surface area contributed by atoms with Crippen molar-refractivity contribution in [3.8, 4) is 0 Å². The Kier molecular flexibility index (Phi) is 8.87. The van der Waals surface area contributed by atoms with Crippen LogP contribution in [0.15, 0.2) is 0 Å². The molecule has 1 fully saturated rings. The van der Waals surface area contributed by atoms with Gasteiger partial charge in [0, 0.05) is 25.4 Å². The summed E-state index contributed by atoms with van der Waals surface area (Å²) >= 11 is 0. The summed E-state index contributed by atoms with van der Waals surface area (Å²) in [4.78, 5) is 50.5. The first-order valence-electron chi connectivity index (χ1n) is 10.6. The number of aldehydes is 1. The zero-order valence-corrected chi connectivity index (χ0v) is 19.6. The third kappa shape index (κ3) is 7.95. The minimum absolute atomic E-state index is 0.0451. The summed E-state index contributed by atoms with van der Waals surface area (Å²) in [6.07, 6.45) is 1.58. The monoisotopic (exact) mass is 426 g/mol. The van der Waals surface area contributed by atoms with Crippen LogP contribution in [0, 0.1) is 11.8 Å². The van der Waals surface area contributed by atoms with Crippen molar-refractivity contribution in [2.45, 2.75) is 97.9 Å². The van der Waals surface area contributed by atoms with Gasteiger partial charge in [-0.3, -0.25) is 9.69 Å². The molecule has 0 radical (unpaired) electrons. The molecule has 1 saturated heterocycles. The molecule has 1 N–H and O–H groups in total. The fourth-order valence-corrected chi connectivity index (χ4v) is 3.58. The lowest BCUT2D eigenvalue weighted by atomic mass is 9.90. The van der Waals surface area contributed by atoms with E-state index in [4.69, 9.17) is 9.47 Å². The first-order valence-corrected chi connectivity index (χ1v) is 10.6. The van der Waals surface area contributed by atoms with Gasteiger partial charge in [0.2, 0.25) is 5.91 Å². The Morgan fingerprint density at radius 2 is 1.67 bits per heavy atom. The molecule has 1 aliphatic heterocycles. The number of rotatable bonds is 7. The van der Waals surface area contributed by atoms with Crippen molar-refractivity contribution in [3.63, 3.8) is 0 Å². The number of amides is 2. The lowest BCUT2D eigenvalue weighted by Gasteiger charge is -2.34. The van der Waals surface area contributed by atoms with E-state index in [0.29, 0.717) is 13.0 Å². The molecular weight excluding hydrogens is 388 g/mol. The van der Waals surface area contributed by atoms with E-state index in [1.165, 1.54) is 11.8 Å².